The van der Waals surface area contributed by atoms with Gasteiger partial charge in [-0.05, 0) is 48.5 Å². The van der Waals surface area contributed by atoms with Gasteiger partial charge in [-0.2, -0.15) is 10.4 Å². The summed E-state index contributed by atoms with van der Waals surface area (Å²) in [4.78, 5) is 4.67. The van der Waals surface area contributed by atoms with Crippen LogP contribution in [0.15, 0.2) is 109 Å². The summed E-state index contributed by atoms with van der Waals surface area (Å²) in [7, 11) is 0. The molecule has 0 spiro atoms. The number of fused-ring (bicyclic) bond motifs is 1. The lowest BCUT2D eigenvalue weighted by atomic mass is 10.1. The Morgan fingerprint density at radius 2 is 1.74 bits per heavy atom. The van der Waals surface area contributed by atoms with Crippen molar-refractivity contribution in [2.45, 2.75) is 6.61 Å². The minimum Gasteiger partial charge on any atom is -0.489 e. The van der Waals surface area contributed by atoms with Gasteiger partial charge in [0.1, 0.15) is 34.9 Å². The summed E-state index contributed by atoms with van der Waals surface area (Å²) in [6, 6.07) is 34.0. The van der Waals surface area contributed by atoms with E-state index >= 15 is 0 Å². The van der Waals surface area contributed by atoms with Gasteiger partial charge in [-0.3, -0.25) is 0 Å². The van der Waals surface area contributed by atoms with Gasteiger partial charge in [-0.1, -0.05) is 60.7 Å². The van der Waals surface area contributed by atoms with Crippen molar-refractivity contribution >= 4 is 33.2 Å². The van der Waals surface area contributed by atoms with Crippen LogP contribution in [0.4, 0.5) is 4.39 Å². The number of hydrogen-bond acceptors (Lipinski definition) is 5. The van der Waals surface area contributed by atoms with Crippen molar-refractivity contribution < 1.29 is 9.13 Å². The Kier molecular flexibility index (Phi) is 6.69. The van der Waals surface area contributed by atoms with E-state index in [1.54, 1.807) is 22.9 Å². The zero-order valence-corrected chi connectivity index (χ0v) is 21.5. The molecule has 0 saturated carbocycles. The van der Waals surface area contributed by atoms with Crippen molar-refractivity contribution in [2.75, 3.05) is 0 Å². The number of aromatic nitrogens is 3. The highest BCUT2D eigenvalue weighted by Crippen LogP contribution is 2.32. The standard InChI is InChI=1S/C32H21FN4OS/c33-28-14-5-4-9-23(28)21-38-27-13-8-10-22(18-27)31-25(20-37(36-31)26-11-2-1-3-12-26)17-24(19-34)32-35-29-15-6-7-16-30(29)39-32/h1-18,20H,21H2/b24-17+. The van der Waals surface area contributed by atoms with E-state index in [0.29, 0.717) is 27.6 Å². The van der Waals surface area contributed by atoms with E-state index in [1.165, 1.54) is 17.4 Å². The number of halogens is 1. The molecule has 0 fully saturated rings. The van der Waals surface area contributed by atoms with Gasteiger partial charge in [0.25, 0.3) is 0 Å². The maximum absolute atomic E-state index is 14.1. The van der Waals surface area contributed by atoms with Crippen LogP contribution in [0, 0.1) is 17.1 Å². The van der Waals surface area contributed by atoms with Crippen molar-refractivity contribution in [3.05, 3.63) is 131 Å². The fourth-order valence-corrected chi connectivity index (χ4v) is 5.16. The van der Waals surface area contributed by atoms with Crippen molar-refractivity contribution in [1.29, 1.82) is 5.26 Å². The Hall–Kier alpha value is -5.06. The topological polar surface area (TPSA) is 63.7 Å². The zero-order valence-electron chi connectivity index (χ0n) is 20.7. The first kappa shape index (κ1) is 24.3. The third-order valence-electron chi connectivity index (χ3n) is 6.17. The quantitative estimate of drug-likeness (QED) is 0.197. The van der Waals surface area contributed by atoms with Crippen molar-refractivity contribution in [3.63, 3.8) is 0 Å². The minimum absolute atomic E-state index is 0.109. The first-order chi connectivity index (χ1) is 19.2. The molecular formula is C32H21FN4OS. The number of rotatable bonds is 7. The predicted octanol–water partition coefficient (Wildman–Crippen LogP) is 7.93. The largest absolute Gasteiger partial charge is 0.489 e. The Morgan fingerprint density at radius 1 is 0.949 bits per heavy atom. The Labute approximate surface area is 228 Å². The number of para-hydroxylation sites is 2. The Balaban J connectivity index is 1.40. The number of ether oxygens (including phenoxy) is 1. The Morgan fingerprint density at radius 3 is 2.56 bits per heavy atom. The van der Waals surface area contributed by atoms with Crippen molar-refractivity contribution in [3.8, 4) is 28.8 Å². The minimum atomic E-state index is -0.304. The van der Waals surface area contributed by atoms with Gasteiger partial charge in [0, 0.05) is 22.9 Å². The monoisotopic (exact) mass is 528 g/mol. The average Bonchev–Trinajstić information content (AvgIpc) is 3.61. The average molecular weight is 529 g/mol. The highest BCUT2D eigenvalue weighted by atomic mass is 32.1. The van der Waals surface area contributed by atoms with Gasteiger partial charge < -0.3 is 4.74 Å². The van der Waals surface area contributed by atoms with E-state index in [0.717, 1.165) is 27.0 Å². The first-order valence-electron chi connectivity index (χ1n) is 12.3. The number of nitriles is 1. The molecule has 39 heavy (non-hydrogen) atoms. The van der Waals surface area contributed by atoms with E-state index in [-0.39, 0.29) is 12.4 Å². The smallest absolute Gasteiger partial charge is 0.135 e. The van der Waals surface area contributed by atoms with Crippen LogP contribution in [0.1, 0.15) is 16.1 Å². The normalized spacial score (nSPS) is 11.4. The van der Waals surface area contributed by atoms with Crippen molar-refractivity contribution in [1.82, 2.24) is 14.8 Å². The van der Waals surface area contributed by atoms with Gasteiger partial charge in [-0.25, -0.2) is 14.1 Å². The van der Waals surface area contributed by atoms with Crippen LogP contribution in [-0.4, -0.2) is 14.8 Å². The number of nitrogens with zero attached hydrogens (tertiary/aromatic N) is 4. The second-order valence-corrected chi connectivity index (χ2v) is 9.81. The highest BCUT2D eigenvalue weighted by Gasteiger charge is 2.15. The maximum atomic E-state index is 14.1. The van der Waals surface area contributed by atoms with Crippen LogP contribution >= 0.6 is 11.3 Å². The fourth-order valence-electron chi connectivity index (χ4n) is 4.22. The summed E-state index contributed by atoms with van der Waals surface area (Å²) in [6.45, 7) is 0.109. The molecule has 0 unspecified atom stereocenters. The van der Waals surface area contributed by atoms with Crippen LogP contribution in [-0.2, 0) is 6.61 Å². The maximum Gasteiger partial charge on any atom is 0.135 e. The van der Waals surface area contributed by atoms with E-state index in [1.807, 2.05) is 91.1 Å². The van der Waals surface area contributed by atoms with Crippen LogP contribution in [0.5, 0.6) is 5.75 Å². The summed E-state index contributed by atoms with van der Waals surface area (Å²) >= 11 is 1.48. The van der Waals surface area contributed by atoms with Gasteiger partial charge in [0.2, 0.25) is 0 Å². The fraction of sp³-hybridized carbons (Fsp3) is 0.0312. The summed E-state index contributed by atoms with van der Waals surface area (Å²) < 4.78 is 22.8. The SMILES string of the molecule is N#C/C(=C\c1cn(-c2ccccc2)nc1-c1cccc(OCc2ccccc2F)c1)c1nc2ccccc2s1. The van der Waals surface area contributed by atoms with Crippen molar-refractivity contribution in [2.24, 2.45) is 0 Å². The van der Waals surface area contributed by atoms with Crippen LogP contribution in [0.2, 0.25) is 0 Å². The molecule has 0 aliphatic rings. The Bertz CT molecular complexity index is 1820. The summed E-state index contributed by atoms with van der Waals surface area (Å²) in [5.41, 5.74) is 4.95. The van der Waals surface area contributed by atoms with Gasteiger partial charge >= 0.3 is 0 Å². The molecule has 2 heterocycles. The number of benzene rings is 4. The predicted molar refractivity (Wildman–Crippen MR) is 153 cm³/mol. The molecule has 6 aromatic rings. The molecule has 7 heteroatoms. The molecule has 0 bridgehead atoms. The third kappa shape index (κ3) is 5.19. The first-order valence-corrected chi connectivity index (χ1v) is 13.1. The van der Waals surface area contributed by atoms with Gasteiger partial charge in [0.15, 0.2) is 0 Å². The summed E-state index contributed by atoms with van der Waals surface area (Å²) in [6.07, 6.45) is 3.73. The lowest BCUT2D eigenvalue weighted by Gasteiger charge is -2.08. The molecule has 0 aliphatic heterocycles. The molecule has 0 amide bonds. The van der Waals surface area contributed by atoms with Gasteiger partial charge in [0.05, 0.1) is 21.5 Å². The molecule has 0 N–H and O–H groups in total. The second kappa shape index (κ2) is 10.7. The van der Waals surface area contributed by atoms with Crippen LogP contribution in [0.25, 0.3) is 38.8 Å². The van der Waals surface area contributed by atoms with Crippen LogP contribution < -0.4 is 4.74 Å². The number of thiazole rings is 1. The van der Waals surface area contributed by atoms with E-state index in [9.17, 15) is 9.65 Å². The molecule has 0 aliphatic carbocycles. The van der Waals surface area contributed by atoms with Crippen LogP contribution in [0.3, 0.4) is 0 Å². The third-order valence-corrected chi connectivity index (χ3v) is 7.24. The molecule has 4 aromatic carbocycles. The molecular weight excluding hydrogens is 507 g/mol. The number of hydrogen-bond donors (Lipinski definition) is 0. The lowest BCUT2D eigenvalue weighted by Crippen LogP contribution is -1.98. The lowest BCUT2D eigenvalue weighted by molar-refractivity contribution is 0.300. The van der Waals surface area contributed by atoms with Gasteiger partial charge in [-0.15, -0.1) is 11.3 Å². The molecule has 0 atom stereocenters. The zero-order chi connectivity index (χ0) is 26.6. The van der Waals surface area contributed by atoms with E-state index in [2.05, 4.69) is 11.1 Å². The molecule has 188 valence electrons. The molecule has 2 aromatic heterocycles. The summed E-state index contributed by atoms with van der Waals surface area (Å²) in [5, 5.41) is 15.6. The molecule has 0 saturated heterocycles. The van der Waals surface area contributed by atoms with E-state index in [4.69, 9.17) is 9.84 Å². The van der Waals surface area contributed by atoms with E-state index < -0.39 is 0 Å². The number of allylic oxidation sites excluding steroid dienone is 1. The molecule has 5 nitrogen and oxygen atoms in total. The second-order valence-electron chi connectivity index (χ2n) is 8.78. The summed E-state index contributed by atoms with van der Waals surface area (Å²) in [5.74, 6) is 0.285. The molecule has 0 radical (unpaired) electrons. The molecule has 6 rings (SSSR count). The highest BCUT2D eigenvalue weighted by molar-refractivity contribution is 7.19.